The number of carbonyl (C=O) groups excluding carboxylic acids is 1. The third-order valence-corrected chi connectivity index (χ3v) is 4.51. The molecule has 0 amide bonds. The second-order valence-electron chi connectivity index (χ2n) is 6.34. The van der Waals surface area contributed by atoms with Gasteiger partial charge in [0.2, 0.25) is 6.41 Å². The summed E-state index contributed by atoms with van der Waals surface area (Å²) in [5.74, 6) is -1.98. The van der Waals surface area contributed by atoms with Crippen molar-refractivity contribution in [3.05, 3.63) is 48.4 Å². The standard InChI is InChI=1S/C18H17F2N3O5/c19-16-13(22-6-3-11(24)4-7-22)1-2-14(17(16)20)23-9-12(28-18(23)25)10-26-15-5-8-27-21-15/h1-3,5-6,8,12,18,25H,4,7,9-10H2. The van der Waals surface area contributed by atoms with Gasteiger partial charge in [-0.1, -0.05) is 0 Å². The summed E-state index contributed by atoms with van der Waals surface area (Å²) in [6.45, 7) is 0.406. The molecule has 0 spiro atoms. The molecule has 2 aromatic rings. The summed E-state index contributed by atoms with van der Waals surface area (Å²) >= 11 is 0. The summed E-state index contributed by atoms with van der Waals surface area (Å²) in [6, 6.07) is 4.28. The maximum absolute atomic E-state index is 14.7. The predicted octanol–water partition coefficient (Wildman–Crippen LogP) is 1.81. The molecule has 1 aromatic carbocycles. The van der Waals surface area contributed by atoms with E-state index in [1.54, 1.807) is 0 Å². The third-order valence-electron chi connectivity index (χ3n) is 4.51. The molecule has 8 nitrogen and oxygen atoms in total. The van der Waals surface area contributed by atoms with Gasteiger partial charge in [0.1, 0.15) is 19.0 Å². The molecule has 28 heavy (non-hydrogen) atoms. The highest BCUT2D eigenvalue weighted by molar-refractivity contribution is 5.91. The fourth-order valence-corrected chi connectivity index (χ4v) is 3.10. The quantitative estimate of drug-likeness (QED) is 0.823. The number of aliphatic hydroxyl groups excluding tert-OH is 1. The van der Waals surface area contributed by atoms with Crippen molar-refractivity contribution in [2.75, 3.05) is 29.5 Å². The van der Waals surface area contributed by atoms with E-state index in [9.17, 15) is 18.7 Å². The number of hydrogen-bond acceptors (Lipinski definition) is 8. The number of rotatable bonds is 5. The van der Waals surface area contributed by atoms with Crippen molar-refractivity contribution in [3.63, 3.8) is 0 Å². The maximum Gasteiger partial charge on any atom is 0.254 e. The Morgan fingerprint density at radius 1 is 1.25 bits per heavy atom. The second kappa shape index (κ2) is 7.56. The van der Waals surface area contributed by atoms with Crippen LogP contribution in [-0.4, -0.2) is 48.3 Å². The molecule has 2 atom stereocenters. The molecule has 2 unspecified atom stereocenters. The van der Waals surface area contributed by atoms with Gasteiger partial charge in [-0.3, -0.25) is 4.79 Å². The van der Waals surface area contributed by atoms with Crippen molar-refractivity contribution in [2.24, 2.45) is 0 Å². The highest BCUT2D eigenvalue weighted by Crippen LogP contribution is 2.33. The first kappa shape index (κ1) is 18.4. The Bertz CT molecular complexity index is 890. The SMILES string of the molecule is O=C1C=CN(c2ccc(N3CC(COc4ccon4)OC3O)c(F)c2F)CC1. The van der Waals surface area contributed by atoms with Gasteiger partial charge in [-0.15, -0.1) is 0 Å². The number of allylic oxidation sites excluding steroid dienone is 1. The van der Waals surface area contributed by atoms with Gasteiger partial charge < -0.3 is 28.9 Å². The average molecular weight is 393 g/mol. The maximum atomic E-state index is 14.7. The summed E-state index contributed by atoms with van der Waals surface area (Å²) in [7, 11) is 0. The molecule has 0 saturated carbocycles. The molecule has 0 aliphatic carbocycles. The molecule has 3 heterocycles. The minimum absolute atomic E-state index is 0.0190. The number of halogens is 2. The van der Waals surface area contributed by atoms with E-state index in [2.05, 4.69) is 9.68 Å². The van der Waals surface area contributed by atoms with E-state index in [1.807, 2.05) is 0 Å². The van der Waals surface area contributed by atoms with E-state index < -0.39 is 24.2 Å². The summed E-state index contributed by atoms with van der Waals surface area (Å²) in [4.78, 5) is 13.9. The number of nitrogens with zero attached hydrogens (tertiary/aromatic N) is 3. The first-order chi connectivity index (χ1) is 13.5. The van der Waals surface area contributed by atoms with Crippen molar-refractivity contribution in [2.45, 2.75) is 18.9 Å². The van der Waals surface area contributed by atoms with Crippen molar-refractivity contribution >= 4 is 17.2 Å². The van der Waals surface area contributed by atoms with Gasteiger partial charge in [0.05, 0.1) is 17.9 Å². The molecule has 1 saturated heterocycles. The van der Waals surface area contributed by atoms with Gasteiger partial charge in [0, 0.05) is 25.2 Å². The van der Waals surface area contributed by atoms with Crippen LogP contribution >= 0.6 is 0 Å². The van der Waals surface area contributed by atoms with Crippen LogP contribution in [0.25, 0.3) is 0 Å². The Labute approximate surface area is 158 Å². The van der Waals surface area contributed by atoms with Gasteiger partial charge >= 0.3 is 0 Å². The van der Waals surface area contributed by atoms with Crippen LogP contribution in [-0.2, 0) is 9.53 Å². The number of ether oxygens (including phenoxy) is 2. The molecule has 1 N–H and O–H groups in total. The van der Waals surface area contributed by atoms with E-state index in [4.69, 9.17) is 9.47 Å². The molecule has 1 fully saturated rings. The van der Waals surface area contributed by atoms with Crippen molar-refractivity contribution < 1.29 is 32.7 Å². The Morgan fingerprint density at radius 3 is 2.75 bits per heavy atom. The third kappa shape index (κ3) is 3.56. The number of hydrogen-bond donors (Lipinski definition) is 1. The number of anilines is 2. The van der Waals surface area contributed by atoms with E-state index >= 15 is 0 Å². The molecule has 1 aromatic heterocycles. The Hall–Kier alpha value is -2.98. The Morgan fingerprint density at radius 2 is 2.04 bits per heavy atom. The molecule has 2 aliphatic rings. The average Bonchev–Trinajstić information content (AvgIpc) is 3.33. The van der Waals surface area contributed by atoms with Crippen molar-refractivity contribution in [1.82, 2.24) is 5.16 Å². The first-order valence-electron chi connectivity index (χ1n) is 8.62. The van der Waals surface area contributed by atoms with Crippen molar-refractivity contribution in [1.29, 1.82) is 0 Å². The normalized spacial score (nSPS) is 22.2. The second-order valence-corrected chi connectivity index (χ2v) is 6.34. The molecule has 0 radical (unpaired) electrons. The fraction of sp³-hybridized carbons (Fsp3) is 0.333. The summed E-state index contributed by atoms with van der Waals surface area (Å²) in [6.07, 6.45) is 2.30. The number of benzene rings is 1. The van der Waals surface area contributed by atoms with Gasteiger partial charge in [0.15, 0.2) is 17.4 Å². The number of carbonyl (C=O) groups is 1. The van der Waals surface area contributed by atoms with Crippen LogP contribution in [0.2, 0.25) is 0 Å². The molecule has 2 aliphatic heterocycles. The van der Waals surface area contributed by atoms with Crippen LogP contribution in [0.4, 0.5) is 20.2 Å². The lowest BCUT2D eigenvalue weighted by Crippen LogP contribution is -2.31. The van der Waals surface area contributed by atoms with Crippen LogP contribution in [0.3, 0.4) is 0 Å². The number of aromatic nitrogens is 1. The molecule has 10 heteroatoms. The van der Waals surface area contributed by atoms with Gasteiger partial charge in [0.25, 0.3) is 5.88 Å². The summed E-state index contributed by atoms with van der Waals surface area (Å²) in [5.41, 5.74) is -0.111. The smallest absolute Gasteiger partial charge is 0.254 e. The molecule has 148 valence electrons. The molecular formula is C18H17F2N3O5. The van der Waals surface area contributed by atoms with Gasteiger partial charge in [-0.05, 0) is 23.4 Å². The zero-order chi connectivity index (χ0) is 19.7. The lowest BCUT2D eigenvalue weighted by molar-refractivity contribution is -0.114. The monoisotopic (exact) mass is 393 g/mol. The molecular weight excluding hydrogens is 376 g/mol. The summed E-state index contributed by atoms with van der Waals surface area (Å²) in [5, 5.41) is 13.7. The zero-order valence-electron chi connectivity index (χ0n) is 14.6. The van der Waals surface area contributed by atoms with Crippen LogP contribution in [0.1, 0.15) is 6.42 Å². The Balaban J connectivity index is 1.48. The van der Waals surface area contributed by atoms with Crippen LogP contribution in [0.15, 0.2) is 41.3 Å². The van der Waals surface area contributed by atoms with E-state index in [0.29, 0.717) is 0 Å². The highest BCUT2D eigenvalue weighted by atomic mass is 19.2. The topological polar surface area (TPSA) is 88.3 Å². The fourth-order valence-electron chi connectivity index (χ4n) is 3.10. The lowest BCUT2D eigenvalue weighted by Gasteiger charge is -2.26. The predicted molar refractivity (Wildman–Crippen MR) is 92.7 cm³/mol. The zero-order valence-corrected chi connectivity index (χ0v) is 14.6. The minimum Gasteiger partial charge on any atom is -0.473 e. The van der Waals surface area contributed by atoms with Crippen LogP contribution in [0, 0.1) is 11.6 Å². The van der Waals surface area contributed by atoms with Gasteiger partial charge in [-0.2, -0.15) is 0 Å². The Kier molecular flexibility index (Phi) is 4.97. The van der Waals surface area contributed by atoms with Crippen molar-refractivity contribution in [3.8, 4) is 5.88 Å². The van der Waals surface area contributed by atoms with E-state index in [-0.39, 0.29) is 49.2 Å². The van der Waals surface area contributed by atoms with Gasteiger partial charge in [-0.25, -0.2) is 8.78 Å². The van der Waals surface area contributed by atoms with Crippen LogP contribution in [0.5, 0.6) is 5.88 Å². The number of ketones is 1. The largest absolute Gasteiger partial charge is 0.473 e. The summed E-state index contributed by atoms with van der Waals surface area (Å²) < 4.78 is 44.6. The number of aliphatic hydroxyl groups is 1. The highest BCUT2D eigenvalue weighted by Gasteiger charge is 2.35. The lowest BCUT2D eigenvalue weighted by atomic mass is 10.1. The minimum atomic E-state index is -1.45. The molecule has 4 rings (SSSR count). The molecule has 0 bridgehead atoms. The first-order valence-corrected chi connectivity index (χ1v) is 8.62. The van der Waals surface area contributed by atoms with E-state index in [1.165, 1.54) is 46.5 Å². The van der Waals surface area contributed by atoms with Crippen LogP contribution < -0.4 is 14.5 Å². The van der Waals surface area contributed by atoms with E-state index in [0.717, 1.165) is 0 Å².